The molecule has 2 amide bonds. The van der Waals surface area contributed by atoms with E-state index in [0.717, 1.165) is 30.9 Å². The maximum Gasteiger partial charge on any atom is 0.233 e. The van der Waals surface area contributed by atoms with E-state index in [2.05, 4.69) is 43.5 Å². The normalized spacial score (nSPS) is 30.1. The van der Waals surface area contributed by atoms with E-state index in [9.17, 15) is 9.59 Å². The first-order valence-electron chi connectivity index (χ1n) is 10.7. The molecule has 29 heavy (non-hydrogen) atoms. The number of carbonyl (C=O) groups excluding carboxylic acids is 2. The lowest BCUT2D eigenvalue weighted by atomic mass is 9.85. The lowest BCUT2D eigenvalue weighted by molar-refractivity contribution is -0.140. The van der Waals surface area contributed by atoms with Crippen molar-refractivity contribution in [3.63, 3.8) is 0 Å². The van der Waals surface area contributed by atoms with Crippen LogP contribution in [0.25, 0.3) is 0 Å². The maximum atomic E-state index is 12.7. The zero-order valence-corrected chi connectivity index (χ0v) is 16.8. The summed E-state index contributed by atoms with van der Waals surface area (Å²) in [7, 11) is 1.72. The van der Waals surface area contributed by atoms with Crippen molar-refractivity contribution in [3.05, 3.63) is 29.9 Å². The highest BCUT2D eigenvalue weighted by Crippen LogP contribution is 2.52. The molecule has 0 radical (unpaired) electrons. The number of hydrogen-bond donors (Lipinski definition) is 2. The first-order valence-corrected chi connectivity index (χ1v) is 10.7. The Morgan fingerprint density at radius 3 is 2.62 bits per heavy atom. The second kappa shape index (κ2) is 7.31. The van der Waals surface area contributed by atoms with Gasteiger partial charge in [-0.3, -0.25) is 19.5 Å². The second-order valence-electron chi connectivity index (χ2n) is 8.48. The summed E-state index contributed by atoms with van der Waals surface area (Å²) in [5.74, 6) is 2.09. The van der Waals surface area contributed by atoms with Gasteiger partial charge in [0, 0.05) is 39.3 Å². The molecule has 1 saturated heterocycles. The number of carbonyl (C=O) groups is 2. The summed E-state index contributed by atoms with van der Waals surface area (Å²) in [4.78, 5) is 35.8. The van der Waals surface area contributed by atoms with Gasteiger partial charge in [0.1, 0.15) is 5.82 Å². The number of aryl methyl sites for hydroxylation is 2. The molecule has 1 saturated carbocycles. The van der Waals surface area contributed by atoms with Gasteiger partial charge in [-0.1, -0.05) is 12.2 Å². The van der Waals surface area contributed by atoms with Crippen LogP contribution in [0.2, 0.25) is 0 Å². The summed E-state index contributed by atoms with van der Waals surface area (Å²) in [6, 6.07) is 0. The van der Waals surface area contributed by atoms with Gasteiger partial charge in [0.25, 0.3) is 0 Å². The summed E-state index contributed by atoms with van der Waals surface area (Å²) >= 11 is 0. The van der Waals surface area contributed by atoms with Crippen LogP contribution in [0.4, 0.5) is 0 Å². The SMILES string of the molecule is CN=C(NCCN1C(=O)C2C3C=CC(C3)C2C1=O)NCc1cn2c(n1)CCCC2. The first-order chi connectivity index (χ1) is 14.2. The van der Waals surface area contributed by atoms with E-state index in [1.54, 1.807) is 7.05 Å². The largest absolute Gasteiger partial charge is 0.355 e. The van der Waals surface area contributed by atoms with Crippen LogP contribution in [0.15, 0.2) is 23.3 Å². The van der Waals surface area contributed by atoms with Crippen LogP contribution in [-0.4, -0.2) is 52.4 Å². The number of aliphatic imine (C=N–C) groups is 1. The number of hydrogen-bond acceptors (Lipinski definition) is 4. The molecule has 4 aliphatic rings. The predicted molar refractivity (Wildman–Crippen MR) is 108 cm³/mol. The fraction of sp³-hybridized carbons (Fsp3) is 0.619. The number of aromatic nitrogens is 2. The predicted octanol–water partition coefficient (Wildman–Crippen LogP) is 0.692. The fourth-order valence-electron chi connectivity index (χ4n) is 5.42. The van der Waals surface area contributed by atoms with E-state index >= 15 is 0 Å². The number of likely N-dealkylation sites (tertiary alicyclic amines) is 1. The van der Waals surface area contributed by atoms with Crippen LogP contribution in [0.5, 0.6) is 0 Å². The maximum absolute atomic E-state index is 12.7. The molecule has 2 aliphatic carbocycles. The average Bonchev–Trinajstić information content (AvgIpc) is 3.49. The Labute approximate surface area is 170 Å². The van der Waals surface area contributed by atoms with Gasteiger partial charge >= 0.3 is 0 Å². The molecule has 154 valence electrons. The molecular formula is C21H28N6O2. The summed E-state index contributed by atoms with van der Waals surface area (Å²) in [5.41, 5.74) is 1.01. The molecular weight excluding hydrogens is 368 g/mol. The Kier molecular flexibility index (Phi) is 4.64. The van der Waals surface area contributed by atoms with Crippen molar-refractivity contribution in [1.82, 2.24) is 25.1 Å². The minimum Gasteiger partial charge on any atom is -0.355 e. The van der Waals surface area contributed by atoms with Gasteiger partial charge in [0.05, 0.1) is 24.1 Å². The Hall–Kier alpha value is -2.64. The molecule has 1 aromatic heterocycles. The molecule has 2 N–H and O–H groups in total. The van der Waals surface area contributed by atoms with Crippen LogP contribution in [0.3, 0.4) is 0 Å². The molecule has 1 aromatic rings. The molecule has 0 spiro atoms. The monoisotopic (exact) mass is 396 g/mol. The van der Waals surface area contributed by atoms with Crippen LogP contribution in [-0.2, 0) is 29.1 Å². The Morgan fingerprint density at radius 2 is 1.93 bits per heavy atom. The molecule has 2 aliphatic heterocycles. The van der Waals surface area contributed by atoms with Crippen molar-refractivity contribution >= 4 is 17.8 Å². The number of imide groups is 1. The van der Waals surface area contributed by atoms with Crippen molar-refractivity contribution in [2.24, 2.45) is 28.7 Å². The summed E-state index contributed by atoms with van der Waals surface area (Å²) in [5, 5.41) is 6.49. The number of nitrogens with zero attached hydrogens (tertiary/aromatic N) is 4. The highest BCUT2D eigenvalue weighted by atomic mass is 16.2. The quantitative estimate of drug-likeness (QED) is 0.331. The van der Waals surface area contributed by atoms with Gasteiger partial charge < -0.3 is 15.2 Å². The number of rotatable bonds is 5. The number of nitrogens with one attached hydrogen (secondary N) is 2. The first kappa shape index (κ1) is 18.4. The molecule has 2 bridgehead atoms. The van der Waals surface area contributed by atoms with Gasteiger partial charge in [-0.05, 0) is 31.1 Å². The highest BCUT2D eigenvalue weighted by molar-refractivity contribution is 6.06. The Morgan fingerprint density at radius 1 is 1.17 bits per heavy atom. The Bertz CT molecular complexity index is 834. The van der Waals surface area contributed by atoms with E-state index in [-0.39, 0.29) is 35.5 Å². The molecule has 4 unspecified atom stereocenters. The molecule has 8 nitrogen and oxygen atoms in total. The topological polar surface area (TPSA) is 91.6 Å². The number of imidazole rings is 1. The third kappa shape index (κ3) is 3.14. The zero-order valence-electron chi connectivity index (χ0n) is 16.8. The van der Waals surface area contributed by atoms with Crippen molar-refractivity contribution in [1.29, 1.82) is 0 Å². The van der Waals surface area contributed by atoms with Gasteiger partial charge in [0.15, 0.2) is 5.96 Å². The molecule has 3 heterocycles. The average molecular weight is 396 g/mol. The van der Waals surface area contributed by atoms with E-state index < -0.39 is 0 Å². The summed E-state index contributed by atoms with van der Waals surface area (Å²) < 4.78 is 2.24. The zero-order chi connectivity index (χ0) is 20.0. The van der Waals surface area contributed by atoms with Crippen LogP contribution in [0, 0.1) is 23.7 Å². The van der Waals surface area contributed by atoms with Crippen molar-refractivity contribution in [2.45, 2.75) is 38.8 Å². The molecule has 5 rings (SSSR count). The van der Waals surface area contributed by atoms with Crippen molar-refractivity contribution in [3.8, 4) is 0 Å². The van der Waals surface area contributed by atoms with E-state index in [1.807, 2.05) is 0 Å². The summed E-state index contributed by atoms with van der Waals surface area (Å²) in [6.07, 6.45) is 10.8. The van der Waals surface area contributed by atoms with Crippen LogP contribution < -0.4 is 10.6 Å². The van der Waals surface area contributed by atoms with Crippen LogP contribution >= 0.6 is 0 Å². The van der Waals surface area contributed by atoms with Gasteiger partial charge in [-0.25, -0.2) is 4.98 Å². The van der Waals surface area contributed by atoms with Crippen molar-refractivity contribution in [2.75, 3.05) is 20.1 Å². The molecule has 4 atom stereocenters. The summed E-state index contributed by atoms with van der Waals surface area (Å²) in [6.45, 7) is 2.51. The third-order valence-electron chi connectivity index (χ3n) is 6.81. The fourth-order valence-corrected chi connectivity index (χ4v) is 5.42. The second-order valence-corrected chi connectivity index (χ2v) is 8.48. The minimum atomic E-state index is -0.123. The molecule has 8 heteroatoms. The molecule has 0 aromatic carbocycles. The lowest BCUT2D eigenvalue weighted by Crippen LogP contribution is -2.43. The molecule has 2 fully saturated rings. The van der Waals surface area contributed by atoms with E-state index in [0.29, 0.717) is 25.6 Å². The number of amides is 2. The Balaban J connectivity index is 1.12. The number of guanidine groups is 1. The minimum absolute atomic E-state index is 0.00480. The number of fused-ring (bicyclic) bond motifs is 6. The van der Waals surface area contributed by atoms with Gasteiger partial charge in [0.2, 0.25) is 11.8 Å². The van der Waals surface area contributed by atoms with Crippen molar-refractivity contribution < 1.29 is 9.59 Å². The van der Waals surface area contributed by atoms with E-state index in [1.165, 1.54) is 17.7 Å². The third-order valence-corrected chi connectivity index (χ3v) is 6.81. The van der Waals surface area contributed by atoms with E-state index in [4.69, 9.17) is 0 Å². The van der Waals surface area contributed by atoms with Gasteiger partial charge in [-0.15, -0.1) is 0 Å². The standard InChI is InChI=1S/C21H28N6O2/c1-22-21(24-11-15-12-26-8-3-2-4-16(26)25-15)23-7-9-27-19(28)17-13-5-6-14(10-13)18(17)20(27)29/h5-6,12-14,17-18H,2-4,7-11H2,1H3,(H2,22,23,24). The number of allylic oxidation sites excluding steroid dienone is 2. The lowest BCUT2D eigenvalue weighted by Gasteiger charge is -2.18. The van der Waals surface area contributed by atoms with Gasteiger partial charge in [-0.2, -0.15) is 0 Å². The smallest absolute Gasteiger partial charge is 0.233 e. The van der Waals surface area contributed by atoms with Crippen LogP contribution in [0.1, 0.15) is 30.8 Å². The highest BCUT2D eigenvalue weighted by Gasteiger charge is 2.58.